The van der Waals surface area contributed by atoms with Gasteiger partial charge >= 0.3 is 0 Å². The highest BCUT2D eigenvalue weighted by Gasteiger charge is 2.16. The van der Waals surface area contributed by atoms with E-state index in [-0.39, 0.29) is 5.38 Å². The summed E-state index contributed by atoms with van der Waals surface area (Å²) < 4.78 is 10.9. The van der Waals surface area contributed by atoms with E-state index in [0.29, 0.717) is 19.8 Å². The molecule has 0 aliphatic carbocycles. The van der Waals surface area contributed by atoms with Gasteiger partial charge in [0.25, 0.3) is 0 Å². The van der Waals surface area contributed by atoms with Gasteiger partial charge in [0.2, 0.25) is 0 Å². The van der Waals surface area contributed by atoms with E-state index in [0.717, 1.165) is 16.9 Å². The van der Waals surface area contributed by atoms with Gasteiger partial charge in [-0.2, -0.15) is 0 Å². The molecule has 1 aliphatic heterocycles. The molecule has 2 aromatic carbocycles. The molecular weight excluding hydrogens is 272 g/mol. The van der Waals surface area contributed by atoms with E-state index in [4.69, 9.17) is 21.1 Å². The second kappa shape index (κ2) is 5.86. The summed E-state index contributed by atoms with van der Waals surface area (Å²) in [5.74, 6) is 0.877. The Morgan fingerprint density at radius 2 is 1.75 bits per heavy atom. The first-order valence-corrected chi connectivity index (χ1v) is 7.28. The molecule has 2 aromatic rings. The number of alkyl halides is 1. The Morgan fingerprint density at radius 3 is 2.50 bits per heavy atom. The van der Waals surface area contributed by atoms with Gasteiger partial charge in [-0.05, 0) is 41.3 Å². The van der Waals surface area contributed by atoms with Crippen LogP contribution < -0.4 is 4.74 Å². The molecule has 1 aliphatic rings. The van der Waals surface area contributed by atoms with Gasteiger partial charge in [-0.3, -0.25) is 0 Å². The molecule has 0 amide bonds. The summed E-state index contributed by atoms with van der Waals surface area (Å²) in [5, 5.41) is -0.142. The van der Waals surface area contributed by atoms with E-state index in [9.17, 15) is 0 Å². The second-order valence-electron chi connectivity index (χ2n) is 4.89. The molecule has 1 unspecified atom stereocenters. The molecular formula is C17H17ClO2. The molecule has 20 heavy (non-hydrogen) atoms. The van der Waals surface area contributed by atoms with Crippen molar-refractivity contribution in [3.8, 4) is 5.75 Å². The largest absolute Gasteiger partial charge is 0.494 e. The normalized spacial score (nSPS) is 14.9. The maximum absolute atomic E-state index is 6.58. The smallest absolute Gasteiger partial charge is 0.119 e. The zero-order chi connectivity index (χ0) is 13.9. The molecule has 0 N–H and O–H groups in total. The molecule has 0 spiro atoms. The average molecular weight is 289 g/mol. The standard InChI is InChI=1S/C17H17ClO2/c1-2-20-16-7-5-12(6-8-16)17(18)13-3-4-14-10-19-11-15(14)9-13/h3-9,17H,2,10-11H2,1H3. The summed E-state index contributed by atoms with van der Waals surface area (Å²) in [6.07, 6.45) is 0. The van der Waals surface area contributed by atoms with Gasteiger partial charge in [-0.1, -0.05) is 30.3 Å². The van der Waals surface area contributed by atoms with Crippen LogP contribution in [-0.4, -0.2) is 6.61 Å². The molecule has 1 atom stereocenters. The number of rotatable bonds is 4. The highest BCUT2D eigenvalue weighted by Crippen LogP contribution is 2.32. The maximum atomic E-state index is 6.58. The van der Waals surface area contributed by atoms with Gasteiger partial charge in [0.15, 0.2) is 0 Å². The highest BCUT2D eigenvalue weighted by molar-refractivity contribution is 6.22. The third-order valence-electron chi connectivity index (χ3n) is 3.52. The van der Waals surface area contributed by atoms with Crippen molar-refractivity contribution in [3.63, 3.8) is 0 Å². The lowest BCUT2D eigenvalue weighted by Crippen LogP contribution is -1.96. The lowest BCUT2D eigenvalue weighted by Gasteiger charge is -2.12. The van der Waals surface area contributed by atoms with Gasteiger partial charge in [0, 0.05) is 0 Å². The molecule has 0 fully saturated rings. The highest BCUT2D eigenvalue weighted by atomic mass is 35.5. The number of hydrogen-bond acceptors (Lipinski definition) is 2. The van der Waals surface area contributed by atoms with E-state index in [1.54, 1.807) is 0 Å². The molecule has 0 saturated carbocycles. The van der Waals surface area contributed by atoms with Crippen molar-refractivity contribution in [1.82, 2.24) is 0 Å². The van der Waals surface area contributed by atoms with Crippen LogP contribution in [-0.2, 0) is 18.0 Å². The zero-order valence-electron chi connectivity index (χ0n) is 11.4. The van der Waals surface area contributed by atoms with Gasteiger partial charge in [0.05, 0.1) is 25.2 Å². The number of ether oxygens (including phenoxy) is 2. The summed E-state index contributed by atoms with van der Waals surface area (Å²) in [4.78, 5) is 0. The number of hydrogen-bond donors (Lipinski definition) is 0. The summed E-state index contributed by atoms with van der Waals surface area (Å²) in [5.41, 5.74) is 4.71. The Bertz CT molecular complexity index is 592. The fraction of sp³-hybridized carbons (Fsp3) is 0.294. The minimum atomic E-state index is -0.142. The van der Waals surface area contributed by atoms with Gasteiger partial charge in [-0.25, -0.2) is 0 Å². The van der Waals surface area contributed by atoms with Crippen LogP contribution in [0.3, 0.4) is 0 Å². The predicted octanol–water partition coefficient (Wildman–Crippen LogP) is 4.44. The first-order chi connectivity index (χ1) is 9.78. The SMILES string of the molecule is CCOc1ccc(C(Cl)c2ccc3c(c2)COC3)cc1. The lowest BCUT2D eigenvalue weighted by atomic mass is 10.00. The van der Waals surface area contributed by atoms with E-state index in [1.807, 2.05) is 31.2 Å². The summed E-state index contributed by atoms with van der Waals surface area (Å²) in [7, 11) is 0. The first-order valence-electron chi connectivity index (χ1n) is 6.84. The zero-order valence-corrected chi connectivity index (χ0v) is 12.2. The fourth-order valence-corrected chi connectivity index (χ4v) is 2.72. The number of fused-ring (bicyclic) bond motifs is 1. The van der Waals surface area contributed by atoms with Gasteiger partial charge in [0.1, 0.15) is 5.75 Å². The second-order valence-corrected chi connectivity index (χ2v) is 5.32. The minimum absolute atomic E-state index is 0.142. The van der Waals surface area contributed by atoms with Crippen molar-refractivity contribution in [2.24, 2.45) is 0 Å². The summed E-state index contributed by atoms with van der Waals surface area (Å²) >= 11 is 6.58. The third kappa shape index (κ3) is 2.67. The molecule has 3 heteroatoms. The topological polar surface area (TPSA) is 18.5 Å². The van der Waals surface area contributed by atoms with E-state index in [2.05, 4.69) is 18.2 Å². The molecule has 0 saturated heterocycles. The molecule has 3 rings (SSSR count). The minimum Gasteiger partial charge on any atom is -0.494 e. The van der Waals surface area contributed by atoms with Crippen LogP contribution in [0.5, 0.6) is 5.75 Å². The molecule has 1 heterocycles. The Balaban J connectivity index is 1.82. The van der Waals surface area contributed by atoms with E-state index >= 15 is 0 Å². The first kappa shape index (κ1) is 13.5. The maximum Gasteiger partial charge on any atom is 0.119 e. The van der Waals surface area contributed by atoms with Crippen LogP contribution in [0.4, 0.5) is 0 Å². The van der Waals surface area contributed by atoms with Crippen molar-refractivity contribution in [1.29, 1.82) is 0 Å². The van der Waals surface area contributed by atoms with Crippen LogP contribution in [0.1, 0.15) is 34.6 Å². The molecule has 0 radical (unpaired) electrons. The van der Waals surface area contributed by atoms with Crippen molar-refractivity contribution >= 4 is 11.6 Å². The van der Waals surface area contributed by atoms with Gasteiger partial charge < -0.3 is 9.47 Å². The average Bonchev–Trinajstić information content (AvgIpc) is 2.95. The van der Waals surface area contributed by atoms with Crippen LogP contribution in [0.15, 0.2) is 42.5 Å². The van der Waals surface area contributed by atoms with Crippen LogP contribution in [0, 0.1) is 0 Å². The lowest BCUT2D eigenvalue weighted by molar-refractivity contribution is 0.134. The van der Waals surface area contributed by atoms with Crippen LogP contribution in [0.25, 0.3) is 0 Å². The Labute approximate surface area is 124 Å². The van der Waals surface area contributed by atoms with Crippen molar-refractivity contribution in [2.75, 3.05) is 6.61 Å². The third-order valence-corrected chi connectivity index (χ3v) is 4.03. The van der Waals surface area contributed by atoms with E-state index < -0.39 is 0 Å². The Morgan fingerprint density at radius 1 is 1.05 bits per heavy atom. The Hall–Kier alpha value is -1.51. The quantitative estimate of drug-likeness (QED) is 0.774. The molecule has 2 nitrogen and oxygen atoms in total. The molecule has 104 valence electrons. The number of benzene rings is 2. The van der Waals surface area contributed by atoms with Crippen molar-refractivity contribution < 1.29 is 9.47 Å². The van der Waals surface area contributed by atoms with Crippen LogP contribution in [0.2, 0.25) is 0 Å². The van der Waals surface area contributed by atoms with E-state index in [1.165, 1.54) is 11.1 Å². The summed E-state index contributed by atoms with van der Waals surface area (Å²) in [6, 6.07) is 14.3. The fourth-order valence-electron chi connectivity index (χ4n) is 2.44. The predicted molar refractivity (Wildman–Crippen MR) is 80.2 cm³/mol. The monoisotopic (exact) mass is 288 g/mol. The Kier molecular flexibility index (Phi) is 3.95. The molecule has 0 bridgehead atoms. The van der Waals surface area contributed by atoms with Crippen molar-refractivity contribution in [3.05, 3.63) is 64.7 Å². The molecule has 0 aromatic heterocycles. The van der Waals surface area contributed by atoms with Crippen LogP contribution >= 0.6 is 11.6 Å². The number of halogens is 1. The summed E-state index contributed by atoms with van der Waals surface area (Å²) in [6.45, 7) is 4.06. The van der Waals surface area contributed by atoms with Gasteiger partial charge in [-0.15, -0.1) is 11.6 Å². The van der Waals surface area contributed by atoms with Crippen molar-refractivity contribution in [2.45, 2.75) is 25.5 Å².